The Hall–Kier alpha value is -2.22. The second kappa shape index (κ2) is 6.01. The number of aromatic nitrogens is 2. The molecule has 126 valence electrons. The maximum Gasteiger partial charge on any atom is 0.251 e. The molecule has 1 aromatic heterocycles. The molecule has 2 fully saturated rings. The number of carbonyl (C=O) groups is 1. The van der Waals surface area contributed by atoms with Crippen molar-refractivity contribution in [3.8, 4) is 16.9 Å². The number of benzene rings is 1. The lowest BCUT2D eigenvalue weighted by Gasteiger charge is -2.17. The van der Waals surface area contributed by atoms with Crippen LogP contribution in [0.25, 0.3) is 11.1 Å². The fourth-order valence-electron chi connectivity index (χ4n) is 3.29. The summed E-state index contributed by atoms with van der Waals surface area (Å²) < 4.78 is 20.8. The van der Waals surface area contributed by atoms with E-state index in [4.69, 9.17) is 0 Å². The number of nitrogens with one attached hydrogen (secondary N) is 1. The van der Waals surface area contributed by atoms with Gasteiger partial charge in [-0.2, -0.15) is 5.10 Å². The third-order valence-corrected chi connectivity index (χ3v) is 5.36. The first-order valence-electron chi connectivity index (χ1n) is 7.93. The van der Waals surface area contributed by atoms with E-state index in [0.29, 0.717) is 17.2 Å². The van der Waals surface area contributed by atoms with Crippen molar-refractivity contribution in [2.24, 2.45) is 0 Å². The number of nitrogens with zero attached hydrogens (tertiary/aromatic N) is 3. The molecule has 1 aromatic carbocycles. The predicted octanol–water partition coefficient (Wildman–Crippen LogP) is 3.01. The highest BCUT2D eigenvalue weighted by atomic mass is 32.2. The highest BCUT2D eigenvalue weighted by Gasteiger charge is 2.28. The number of hydrogen-bond donors (Lipinski definition) is 2. The minimum absolute atomic E-state index is 0.0000635. The lowest BCUT2D eigenvalue weighted by Crippen LogP contribution is -2.16. The molecule has 1 aliphatic heterocycles. The van der Waals surface area contributed by atoms with Crippen molar-refractivity contribution in [1.29, 1.82) is 0 Å². The highest BCUT2D eigenvalue weighted by molar-refractivity contribution is 7.99. The summed E-state index contributed by atoms with van der Waals surface area (Å²) in [6, 6.07) is 3.37. The molecule has 2 N–H and O–H groups in total. The molecular weight excluding hydrogens is 331 g/mol. The van der Waals surface area contributed by atoms with Gasteiger partial charge in [0.25, 0.3) is 5.91 Å². The minimum Gasteiger partial charge on any atom is -0.506 e. The molecule has 0 unspecified atom stereocenters. The van der Waals surface area contributed by atoms with Crippen LogP contribution in [-0.2, 0) is 4.79 Å². The van der Waals surface area contributed by atoms with Crippen LogP contribution >= 0.6 is 12.1 Å². The summed E-state index contributed by atoms with van der Waals surface area (Å²) in [6.07, 6.45) is 8.11. The first-order chi connectivity index (χ1) is 11.6. The van der Waals surface area contributed by atoms with Crippen molar-refractivity contribution in [2.75, 3.05) is 10.8 Å². The molecule has 2 aliphatic rings. The maximum atomic E-state index is 15.0. The van der Waals surface area contributed by atoms with Gasteiger partial charge in [0, 0.05) is 17.3 Å². The fraction of sp³-hybridized carbons (Fsp3) is 0.375. The molecule has 0 spiro atoms. The number of anilines is 1. The fourth-order valence-corrected chi connectivity index (χ4v) is 4.01. The summed E-state index contributed by atoms with van der Waals surface area (Å²) in [6.45, 7) is -0.0000635. The van der Waals surface area contributed by atoms with Crippen LogP contribution in [-0.4, -0.2) is 27.3 Å². The first kappa shape index (κ1) is 15.3. The zero-order chi connectivity index (χ0) is 16.7. The third-order valence-electron chi connectivity index (χ3n) is 4.51. The number of aromatic hydroxyl groups is 1. The van der Waals surface area contributed by atoms with Gasteiger partial charge >= 0.3 is 0 Å². The Morgan fingerprint density at radius 2 is 2.12 bits per heavy atom. The van der Waals surface area contributed by atoms with Crippen LogP contribution in [0.15, 0.2) is 24.5 Å². The number of carbonyl (C=O) groups excluding carboxylic acids is 1. The second-order valence-corrected chi connectivity index (χ2v) is 6.92. The zero-order valence-corrected chi connectivity index (χ0v) is 13.7. The number of phenolic OH excluding ortho intramolecular Hbond substituents is 1. The molecule has 2 aromatic rings. The monoisotopic (exact) mass is 348 g/mol. The molecule has 4 rings (SSSR count). The van der Waals surface area contributed by atoms with Gasteiger partial charge in [-0.15, -0.1) is 0 Å². The van der Waals surface area contributed by atoms with Gasteiger partial charge in [0.1, 0.15) is 18.0 Å². The van der Waals surface area contributed by atoms with Gasteiger partial charge in [-0.3, -0.25) is 18.5 Å². The topological polar surface area (TPSA) is 70.4 Å². The molecule has 24 heavy (non-hydrogen) atoms. The van der Waals surface area contributed by atoms with Gasteiger partial charge in [-0.25, -0.2) is 4.39 Å². The van der Waals surface area contributed by atoms with Gasteiger partial charge in [-0.1, -0.05) is 12.8 Å². The van der Waals surface area contributed by atoms with Crippen LogP contribution < -0.4 is 9.03 Å². The van der Waals surface area contributed by atoms with Gasteiger partial charge in [0.15, 0.2) is 5.82 Å². The Labute approximate surface area is 142 Å². The molecule has 1 saturated heterocycles. The quantitative estimate of drug-likeness (QED) is 0.835. The third kappa shape index (κ3) is 2.60. The van der Waals surface area contributed by atoms with E-state index in [0.717, 1.165) is 25.0 Å². The Morgan fingerprint density at radius 1 is 1.33 bits per heavy atom. The van der Waals surface area contributed by atoms with Crippen LogP contribution in [0.3, 0.4) is 0 Å². The molecule has 1 aliphatic carbocycles. The summed E-state index contributed by atoms with van der Waals surface area (Å²) >= 11 is 0.974. The Kier molecular flexibility index (Phi) is 3.84. The molecule has 0 radical (unpaired) electrons. The molecule has 0 bridgehead atoms. The molecule has 0 atom stereocenters. The number of phenols is 1. The summed E-state index contributed by atoms with van der Waals surface area (Å²) in [4.78, 5) is 11.4. The average molecular weight is 348 g/mol. The minimum atomic E-state index is -0.551. The lowest BCUT2D eigenvalue weighted by atomic mass is 10.1. The van der Waals surface area contributed by atoms with Crippen molar-refractivity contribution in [2.45, 2.75) is 31.7 Å². The van der Waals surface area contributed by atoms with Crippen LogP contribution in [0.4, 0.5) is 10.1 Å². The Morgan fingerprint density at radius 3 is 2.83 bits per heavy atom. The van der Waals surface area contributed by atoms with Gasteiger partial charge in [0.2, 0.25) is 0 Å². The Bertz CT molecular complexity index is 788. The molecule has 1 amide bonds. The number of rotatable bonds is 3. The molecule has 1 saturated carbocycles. The molecule has 2 heterocycles. The maximum absolute atomic E-state index is 15.0. The summed E-state index contributed by atoms with van der Waals surface area (Å²) in [5.41, 5.74) is 1.06. The van der Waals surface area contributed by atoms with Crippen molar-refractivity contribution in [3.63, 3.8) is 0 Å². The smallest absolute Gasteiger partial charge is 0.251 e. The molecule has 6 nitrogen and oxygen atoms in total. The van der Waals surface area contributed by atoms with E-state index < -0.39 is 5.82 Å². The van der Waals surface area contributed by atoms with Crippen LogP contribution in [0.5, 0.6) is 5.75 Å². The molecular formula is C16H17FN4O2S. The summed E-state index contributed by atoms with van der Waals surface area (Å²) in [5.74, 6) is -0.966. The SMILES string of the molecule is O=C1CN(c2c(O)ccc(-c3cnn(C4CCCC4)c3)c2F)SN1. The van der Waals surface area contributed by atoms with Crippen molar-refractivity contribution in [3.05, 3.63) is 30.3 Å². The number of hydrogen-bond acceptors (Lipinski definition) is 5. The van der Waals surface area contributed by atoms with Crippen LogP contribution in [0.1, 0.15) is 31.7 Å². The van der Waals surface area contributed by atoms with E-state index in [9.17, 15) is 14.3 Å². The Balaban J connectivity index is 1.69. The van der Waals surface area contributed by atoms with E-state index in [2.05, 4.69) is 9.82 Å². The number of halogens is 1. The number of amides is 1. The van der Waals surface area contributed by atoms with E-state index in [1.165, 1.54) is 23.2 Å². The van der Waals surface area contributed by atoms with Crippen molar-refractivity contribution < 1.29 is 14.3 Å². The van der Waals surface area contributed by atoms with E-state index >= 15 is 0 Å². The normalized spacial score (nSPS) is 18.4. The van der Waals surface area contributed by atoms with Crippen LogP contribution in [0, 0.1) is 5.82 Å². The van der Waals surface area contributed by atoms with Crippen LogP contribution in [0.2, 0.25) is 0 Å². The lowest BCUT2D eigenvalue weighted by molar-refractivity contribution is -0.117. The molecule has 8 heteroatoms. The zero-order valence-electron chi connectivity index (χ0n) is 12.9. The van der Waals surface area contributed by atoms with Crippen molar-refractivity contribution >= 4 is 23.7 Å². The van der Waals surface area contributed by atoms with E-state index in [1.54, 1.807) is 12.3 Å². The summed E-state index contributed by atoms with van der Waals surface area (Å²) in [7, 11) is 0. The highest BCUT2D eigenvalue weighted by Crippen LogP contribution is 2.40. The van der Waals surface area contributed by atoms with Gasteiger partial charge < -0.3 is 5.11 Å². The second-order valence-electron chi connectivity index (χ2n) is 6.10. The van der Waals surface area contributed by atoms with Crippen molar-refractivity contribution in [1.82, 2.24) is 14.5 Å². The average Bonchev–Trinajstić information content (AvgIpc) is 3.27. The van der Waals surface area contributed by atoms with E-state index in [-0.39, 0.29) is 23.9 Å². The first-order valence-corrected chi connectivity index (χ1v) is 8.70. The largest absolute Gasteiger partial charge is 0.506 e. The predicted molar refractivity (Wildman–Crippen MR) is 89.9 cm³/mol. The van der Waals surface area contributed by atoms with Gasteiger partial charge in [0.05, 0.1) is 24.4 Å². The van der Waals surface area contributed by atoms with Gasteiger partial charge in [-0.05, 0) is 25.0 Å². The standard InChI is InChI=1S/C16H17FN4O2S/c17-15-12(10-7-18-20(8-10)11-3-1-2-4-11)5-6-13(22)16(15)21-9-14(23)19-24-21/h5-8,11,22H,1-4,9H2,(H,19,23). The van der Waals surface area contributed by atoms with E-state index in [1.807, 2.05) is 10.9 Å². The summed E-state index contributed by atoms with van der Waals surface area (Å²) in [5, 5.41) is 14.4.